The maximum Gasteiger partial charge on any atom is 0.149 e. The molecule has 0 saturated carbocycles. The van der Waals surface area contributed by atoms with Crippen molar-refractivity contribution < 1.29 is 9.50 Å². The first kappa shape index (κ1) is 12.9. The highest BCUT2D eigenvalue weighted by molar-refractivity contribution is 9.10. The Hall–Kier alpha value is -0.120. The molecule has 1 atom stereocenters. The minimum absolute atomic E-state index is 0.00780. The molecule has 0 aliphatic carbocycles. The second-order valence-electron chi connectivity index (χ2n) is 4.03. The maximum absolute atomic E-state index is 13.8. The second kappa shape index (κ2) is 4.40. The lowest BCUT2D eigenvalue weighted by Gasteiger charge is -2.29. The highest BCUT2D eigenvalue weighted by Gasteiger charge is 2.31. The first-order valence-corrected chi connectivity index (χ1v) is 5.82. The molecule has 0 fully saturated rings. The molecule has 4 heteroatoms. The highest BCUT2D eigenvalue weighted by Crippen LogP contribution is 2.36. The smallest absolute Gasteiger partial charge is 0.149 e. The van der Waals surface area contributed by atoms with E-state index in [2.05, 4.69) is 15.9 Å². The van der Waals surface area contributed by atoms with Crippen LogP contribution in [0.2, 0.25) is 5.02 Å². The normalized spacial score (nSPS) is 15.5. The molecule has 0 amide bonds. The lowest BCUT2D eigenvalue weighted by Crippen LogP contribution is -2.29. The van der Waals surface area contributed by atoms with Gasteiger partial charge in [-0.3, -0.25) is 0 Å². The van der Waals surface area contributed by atoms with Crippen LogP contribution in [0.1, 0.15) is 26.3 Å². The van der Waals surface area contributed by atoms with E-state index in [-0.39, 0.29) is 16.5 Å². The van der Waals surface area contributed by atoms with Gasteiger partial charge in [0.15, 0.2) is 0 Å². The third-order valence-corrected chi connectivity index (χ3v) is 3.96. The number of rotatable bonds is 2. The zero-order valence-electron chi connectivity index (χ0n) is 8.81. The Kier molecular flexibility index (Phi) is 3.80. The number of hydrogen-bond donors (Lipinski definition) is 1. The molecule has 84 valence electrons. The molecule has 1 rings (SSSR count). The molecule has 0 radical (unpaired) electrons. The van der Waals surface area contributed by atoms with Gasteiger partial charge in [-0.1, -0.05) is 31.5 Å². The fourth-order valence-electron chi connectivity index (χ4n) is 1.23. The van der Waals surface area contributed by atoms with E-state index in [1.807, 2.05) is 13.8 Å². The average molecular weight is 296 g/mol. The SMILES string of the molecule is CC(C)C(C)(O)c1ccc(Br)c(Cl)c1F. The van der Waals surface area contributed by atoms with E-state index < -0.39 is 11.4 Å². The van der Waals surface area contributed by atoms with Crippen LogP contribution in [-0.4, -0.2) is 5.11 Å². The molecule has 0 spiro atoms. The summed E-state index contributed by atoms with van der Waals surface area (Å²) in [7, 11) is 0. The Bertz CT molecular complexity index is 377. The van der Waals surface area contributed by atoms with Gasteiger partial charge < -0.3 is 5.11 Å². The van der Waals surface area contributed by atoms with Crippen LogP contribution in [0.3, 0.4) is 0 Å². The summed E-state index contributed by atoms with van der Waals surface area (Å²) in [4.78, 5) is 0. The Morgan fingerprint density at radius 3 is 2.47 bits per heavy atom. The largest absolute Gasteiger partial charge is 0.385 e. The van der Waals surface area contributed by atoms with Crippen LogP contribution in [-0.2, 0) is 5.60 Å². The molecule has 0 aliphatic heterocycles. The van der Waals surface area contributed by atoms with E-state index >= 15 is 0 Å². The van der Waals surface area contributed by atoms with Gasteiger partial charge in [0.05, 0.1) is 10.6 Å². The molecule has 1 nitrogen and oxygen atoms in total. The minimum atomic E-state index is -1.21. The Morgan fingerprint density at radius 2 is 2.00 bits per heavy atom. The molecule has 0 bridgehead atoms. The molecule has 0 aliphatic rings. The molecule has 0 aromatic heterocycles. The average Bonchev–Trinajstić information content (AvgIpc) is 2.13. The summed E-state index contributed by atoms with van der Waals surface area (Å²) in [6.45, 7) is 5.24. The van der Waals surface area contributed by atoms with E-state index in [0.29, 0.717) is 4.47 Å². The van der Waals surface area contributed by atoms with E-state index in [0.717, 1.165) is 0 Å². The predicted octanol–water partition coefficient (Wildman–Crippen LogP) is 4.11. The van der Waals surface area contributed by atoms with E-state index in [9.17, 15) is 9.50 Å². The van der Waals surface area contributed by atoms with Gasteiger partial charge in [-0.25, -0.2) is 4.39 Å². The number of hydrogen-bond acceptors (Lipinski definition) is 1. The van der Waals surface area contributed by atoms with Gasteiger partial charge in [0, 0.05) is 10.0 Å². The minimum Gasteiger partial charge on any atom is -0.385 e. The number of aliphatic hydroxyl groups is 1. The molecule has 1 aromatic carbocycles. The highest BCUT2D eigenvalue weighted by atomic mass is 79.9. The molecule has 0 heterocycles. The van der Waals surface area contributed by atoms with Crippen molar-refractivity contribution in [3.63, 3.8) is 0 Å². The Morgan fingerprint density at radius 1 is 1.47 bits per heavy atom. The van der Waals surface area contributed by atoms with Gasteiger partial charge >= 0.3 is 0 Å². The van der Waals surface area contributed by atoms with Crippen molar-refractivity contribution in [1.82, 2.24) is 0 Å². The summed E-state index contributed by atoms with van der Waals surface area (Å²) in [6, 6.07) is 3.18. The fraction of sp³-hybridized carbons (Fsp3) is 0.455. The molecule has 15 heavy (non-hydrogen) atoms. The molecular formula is C11H13BrClFO. The molecule has 0 saturated heterocycles. The lowest BCUT2D eigenvalue weighted by molar-refractivity contribution is 0.00576. The van der Waals surface area contributed by atoms with Crippen LogP contribution in [0.4, 0.5) is 4.39 Å². The van der Waals surface area contributed by atoms with E-state index in [1.165, 1.54) is 0 Å². The summed E-state index contributed by atoms with van der Waals surface area (Å²) in [5.74, 6) is -0.658. The van der Waals surface area contributed by atoms with Crippen molar-refractivity contribution >= 4 is 27.5 Å². The molecule has 1 unspecified atom stereocenters. The first-order chi connectivity index (χ1) is 6.78. The van der Waals surface area contributed by atoms with Crippen molar-refractivity contribution in [1.29, 1.82) is 0 Å². The van der Waals surface area contributed by atoms with Crippen LogP contribution in [0.25, 0.3) is 0 Å². The standard InChI is InChI=1S/C11H13BrClFO/c1-6(2)11(3,15)7-4-5-8(12)9(13)10(7)14/h4-6,15H,1-3H3. The predicted molar refractivity (Wildman–Crippen MR) is 63.5 cm³/mol. The van der Waals surface area contributed by atoms with Crippen LogP contribution >= 0.6 is 27.5 Å². The van der Waals surface area contributed by atoms with Gasteiger partial charge in [-0.05, 0) is 34.8 Å². The van der Waals surface area contributed by atoms with E-state index in [1.54, 1.807) is 19.1 Å². The zero-order chi connectivity index (χ0) is 11.8. The van der Waals surface area contributed by atoms with Crippen molar-refractivity contribution in [2.45, 2.75) is 26.4 Å². The van der Waals surface area contributed by atoms with Crippen molar-refractivity contribution in [2.75, 3.05) is 0 Å². The fourth-order valence-corrected chi connectivity index (χ4v) is 1.70. The third-order valence-electron chi connectivity index (χ3n) is 2.70. The molecule has 1 N–H and O–H groups in total. The van der Waals surface area contributed by atoms with Gasteiger partial charge in [-0.2, -0.15) is 0 Å². The van der Waals surface area contributed by atoms with Crippen LogP contribution in [0, 0.1) is 11.7 Å². The summed E-state index contributed by atoms with van der Waals surface area (Å²) in [5.41, 5.74) is -0.986. The zero-order valence-corrected chi connectivity index (χ0v) is 11.2. The van der Waals surface area contributed by atoms with Crippen LogP contribution in [0.15, 0.2) is 16.6 Å². The lowest BCUT2D eigenvalue weighted by atomic mass is 9.85. The molecular weight excluding hydrogens is 282 g/mol. The summed E-state index contributed by atoms with van der Waals surface area (Å²) in [6.07, 6.45) is 0. The maximum atomic E-state index is 13.8. The number of halogens is 3. The Labute approximate surface area is 102 Å². The summed E-state index contributed by atoms with van der Waals surface area (Å²) < 4.78 is 14.3. The van der Waals surface area contributed by atoms with Crippen molar-refractivity contribution in [2.24, 2.45) is 5.92 Å². The molecule has 1 aromatic rings. The summed E-state index contributed by atoms with van der Waals surface area (Å²) >= 11 is 8.89. The van der Waals surface area contributed by atoms with Crippen molar-refractivity contribution in [3.8, 4) is 0 Å². The monoisotopic (exact) mass is 294 g/mol. The number of benzene rings is 1. The second-order valence-corrected chi connectivity index (χ2v) is 5.26. The van der Waals surface area contributed by atoms with Gasteiger partial charge in [0.2, 0.25) is 0 Å². The third kappa shape index (κ3) is 2.35. The summed E-state index contributed by atoms with van der Waals surface area (Å²) in [5, 5.41) is 10.2. The van der Waals surface area contributed by atoms with Crippen LogP contribution in [0.5, 0.6) is 0 Å². The topological polar surface area (TPSA) is 20.2 Å². The van der Waals surface area contributed by atoms with E-state index in [4.69, 9.17) is 11.6 Å². The van der Waals surface area contributed by atoms with Gasteiger partial charge in [0.25, 0.3) is 0 Å². The Balaban J connectivity index is 3.34. The van der Waals surface area contributed by atoms with Crippen LogP contribution < -0.4 is 0 Å². The quantitative estimate of drug-likeness (QED) is 0.814. The first-order valence-electron chi connectivity index (χ1n) is 4.64. The van der Waals surface area contributed by atoms with Crippen molar-refractivity contribution in [3.05, 3.63) is 33.0 Å². The van der Waals surface area contributed by atoms with Gasteiger partial charge in [-0.15, -0.1) is 0 Å². The van der Waals surface area contributed by atoms with Gasteiger partial charge in [0.1, 0.15) is 5.82 Å².